The fourth-order valence-corrected chi connectivity index (χ4v) is 3.37. The van der Waals surface area contributed by atoms with E-state index in [0.717, 1.165) is 10.0 Å². The largest absolute Gasteiger partial charge is 0.308 e. The van der Waals surface area contributed by atoms with Crippen LogP contribution >= 0.6 is 15.9 Å². The Balaban J connectivity index is 2.21. The van der Waals surface area contributed by atoms with Gasteiger partial charge in [0.15, 0.2) is 9.84 Å². The molecule has 0 amide bonds. The fraction of sp³-hybridized carbons (Fsp3) is 0.400. The van der Waals surface area contributed by atoms with E-state index in [4.69, 9.17) is 0 Å². The van der Waals surface area contributed by atoms with Crippen molar-refractivity contribution in [3.63, 3.8) is 0 Å². The van der Waals surface area contributed by atoms with Crippen molar-refractivity contribution in [2.24, 2.45) is 0 Å². The van der Waals surface area contributed by atoms with Crippen LogP contribution < -0.4 is 5.32 Å². The Morgan fingerprint density at radius 2 is 1.93 bits per heavy atom. The average Bonchev–Trinajstić information content (AvgIpc) is 2.17. The number of sulfone groups is 1. The van der Waals surface area contributed by atoms with E-state index in [0.29, 0.717) is 6.54 Å². The summed E-state index contributed by atoms with van der Waals surface area (Å²) < 4.78 is 23.9. The molecule has 1 heterocycles. The Morgan fingerprint density at radius 1 is 1.27 bits per heavy atom. The van der Waals surface area contributed by atoms with E-state index in [1.165, 1.54) is 0 Å². The van der Waals surface area contributed by atoms with E-state index in [2.05, 4.69) is 21.2 Å². The molecule has 1 aliphatic heterocycles. The molecule has 15 heavy (non-hydrogen) atoms. The highest BCUT2D eigenvalue weighted by molar-refractivity contribution is 9.10. The van der Waals surface area contributed by atoms with Crippen molar-refractivity contribution in [3.8, 4) is 0 Å². The van der Waals surface area contributed by atoms with Crippen molar-refractivity contribution in [1.82, 2.24) is 5.32 Å². The maximum atomic E-state index is 11.5. The van der Waals surface area contributed by atoms with Crippen LogP contribution in [0.25, 0.3) is 0 Å². The average molecular weight is 290 g/mol. The molecule has 1 aromatic carbocycles. The van der Waals surface area contributed by atoms with Gasteiger partial charge >= 0.3 is 0 Å². The molecule has 1 fully saturated rings. The van der Waals surface area contributed by atoms with Crippen LogP contribution in [-0.2, 0) is 9.84 Å². The van der Waals surface area contributed by atoms with Gasteiger partial charge in [0.1, 0.15) is 0 Å². The van der Waals surface area contributed by atoms with Crippen LogP contribution in [0.15, 0.2) is 28.7 Å². The second-order valence-corrected chi connectivity index (χ2v) is 6.82. The summed E-state index contributed by atoms with van der Waals surface area (Å²) in [6, 6.07) is 7.69. The van der Waals surface area contributed by atoms with Crippen molar-refractivity contribution in [2.75, 3.05) is 18.1 Å². The summed E-state index contributed by atoms with van der Waals surface area (Å²) in [7, 11) is -2.86. The topological polar surface area (TPSA) is 46.2 Å². The Labute approximate surface area is 97.9 Å². The Kier molecular flexibility index (Phi) is 3.13. The van der Waals surface area contributed by atoms with Gasteiger partial charge < -0.3 is 5.32 Å². The number of benzene rings is 1. The number of halogens is 1. The minimum absolute atomic E-state index is 0.0585. The van der Waals surface area contributed by atoms with Gasteiger partial charge in [-0.25, -0.2) is 8.42 Å². The lowest BCUT2D eigenvalue weighted by Gasteiger charge is -2.23. The maximum Gasteiger partial charge on any atom is 0.153 e. The van der Waals surface area contributed by atoms with Crippen molar-refractivity contribution >= 4 is 25.8 Å². The van der Waals surface area contributed by atoms with E-state index in [-0.39, 0.29) is 17.5 Å². The van der Waals surface area contributed by atoms with Crippen molar-refractivity contribution in [1.29, 1.82) is 0 Å². The predicted molar refractivity (Wildman–Crippen MR) is 63.5 cm³/mol. The molecule has 0 aromatic heterocycles. The first kappa shape index (κ1) is 11.1. The van der Waals surface area contributed by atoms with Crippen LogP contribution in [0.2, 0.25) is 0 Å². The lowest BCUT2D eigenvalue weighted by atomic mass is 10.1. The van der Waals surface area contributed by atoms with E-state index in [1.54, 1.807) is 0 Å². The number of hydrogen-bond donors (Lipinski definition) is 1. The van der Waals surface area contributed by atoms with Crippen molar-refractivity contribution in [3.05, 3.63) is 34.3 Å². The second kappa shape index (κ2) is 4.23. The second-order valence-electron chi connectivity index (χ2n) is 3.67. The van der Waals surface area contributed by atoms with Gasteiger partial charge in [-0.15, -0.1) is 0 Å². The summed E-state index contributed by atoms with van der Waals surface area (Å²) in [6.07, 6.45) is 0. The molecule has 1 unspecified atom stereocenters. The summed E-state index contributed by atoms with van der Waals surface area (Å²) in [5.74, 6) is 0.453. The van der Waals surface area contributed by atoms with Gasteiger partial charge in [0.2, 0.25) is 0 Å². The molecular weight excluding hydrogens is 278 g/mol. The smallest absolute Gasteiger partial charge is 0.153 e. The van der Waals surface area contributed by atoms with Gasteiger partial charge in [-0.1, -0.05) is 28.1 Å². The van der Waals surface area contributed by atoms with Gasteiger partial charge in [0.25, 0.3) is 0 Å². The zero-order valence-electron chi connectivity index (χ0n) is 8.11. The fourth-order valence-electron chi connectivity index (χ4n) is 1.69. The summed E-state index contributed by atoms with van der Waals surface area (Å²) >= 11 is 3.35. The summed E-state index contributed by atoms with van der Waals surface area (Å²) in [5.41, 5.74) is 1.03. The molecule has 2 rings (SSSR count). The zero-order valence-corrected chi connectivity index (χ0v) is 10.5. The molecular formula is C10H12BrNO2S. The summed E-state index contributed by atoms with van der Waals surface area (Å²) in [4.78, 5) is 0. The molecule has 5 heteroatoms. The molecule has 1 atom stereocenters. The molecule has 0 spiro atoms. The van der Waals surface area contributed by atoms with Crippen LogP contribution in [0, 0.1) is 0 Å². The third-order valence-electron chi connectivity index (χ3n) is 2.50. The molecule has 1 saturated heterocycles. The third-order valence-corrected chi connectivity index (χ3v) is 4.69. The van der Waals surface area contributed by atoms with Gasteiger partial charge in [0.05, 0.1) is 11.5 Å². The molecule has 1 aromatic rings. The van der Waals surface area contributed by atoms with Crippen molar-refractivity contribution < 1.29 is 8.42 Å². The first-order chi connectivity index (χ1) is 7.07. The number of nitrogens with one attached hydrogen (secondary N) is 1. The Bertz CT molecular complexity index is 441. The van der Waals surface area contributed by atoms with Crippen LogP contribution in [0.4, 0.5) is 0 Å². The molecule has 1 aliphatic rings. The van der Waals surface area contributed by atoms with E-state index in [9.17, 15) is 8.42 Å². The Morgan fingerprint density at radius 3 is 2.53 bits per heavy atom. The first-order valence-electron chi connectivity index (χ1n) is 4.76. The first-order valence-corrected chi connectivity index (χ1v) is 7.37. The van der Waals surface area contributed by atoms with Crippen molar-refractivity contribution in [2.45, 2.75) is 6.04 Å². The molecule has 0 bridgehead atoms. The minimum atomic E-state index is -2.86. The highest BCUT2D eigenvalue weighted by atomic mass is 79.9. The highest BCUT2D eigenvalue weighted by Crippen LogP contribution is 2.20. The van der Waals surface area contributed by atoms with Gasteiger partial charge in [-0.3, -0.25) is 0 Å². The molecule has 1 N–H and O–H groups in total. The standard InChI is InChI=1S/C10H12BrNO2S/c11-9-3-1-8(2-4-9)10-7-15(13,14)6-5-12-10/h1-4,10,12H,5-7H2. The normalized spacial score (nSPS) is 25.0. The SMILES string of the molecule is O=S1(=O)CCNC(c2ccc(Br)cc2)C1. The maximum absolute atomic E-state index is 11.5. The van der Waals surface area contributed by atoms with Gasteiger partial charge in [0, 0.05) is 17.1 Å². The Hall–Kier alpha value is -0.390. The molecule has 0 radical (unpaired) electrons. The molecule has 82 valence electrons. The van der Waals surface area contributed by atoms with Gasteiger partial charge in [-0.2, -0.15) is 0 Å². The lowest BCUT2D eigenvalue weighted by molar-refractivity contribution is 0.531. The highest BCUT2D eigenvalue weighted by Gasteiger charge is 2.24. The number of rotatable bonds is 1. The predicted octanol–water partition coefficient (Wildman–Crippen LogP) is 1.51. The van der Waals surface area contributed by atoms with E-state index < -0.39 is 9.84 Å². The van der Waals surface area contributed by atoms with E-state index >= 15 is 0 Å². The van der Waals surface area contributed by atoms with Crippen LogP contribution in [0.5, 0.6) is 0 Å². The molecule has 3 nitrogen and oxygen atoms in total. The third kappa shape index (κ3) is 2.80. The lowest BCUT2D eigenvalue weighted by Crippen LogP contribution is -2.39. The quantitative estimate of drug-likeness (QED) is 0.852. The summed E-state index contributed by atoms with van der Waals surface area (Å²) in [5, 5.41) is 3.22. The van der Waals surface area contributed by atoms with Crippen LogP contribution in [0.1, 0.15) is 11.6 Å². The molecule has 0 aliphatic carbocycles. The van der Waals surface area contributed by atoms with Gasteiger partial charge in [-0.05, 0) is 17.7 Å². The summed E-state index contributed by atoms with van der Waals surface area (Å²) in [6.45, 7) is 0.545. The molecule has 0 saturated carbocycles. The van der Waals surface area contributed by atoms with Crippen LogP contribution in [-0.4, -0.2) is 26.5 Å². The number of hydrogen-bond acceptors (Lipinski definition) is 3. The van der Waals surface area contributed by atoms with E-state index in [1.807, 2.05) is 24.3 Å². The minimum Gasteiger partial charge on any atom is -0.308 e. The monoisotopic (exact) mass is 289 g/mol. The van der Waals surface area contributed by atoms with Crippen LogP contribution in [0.3, 0.4) is 0 Å². The zero-order chi connectivity index (χ0) is 10.9.